The third-order valence-electron chi connectivity index (χ3n) is 3.53. The van der Waals surface area contributed by atoms with Crippen LogP contribution in [0.15, 0.2) is 18.2 Å². The highest BCUT2D eigenvalue weighted by Gasteiger charge is 2.12. The molecule has 1 aromatic carbocycles. The minimum atomic E-state index is 0.372. The van der Waals surface area contributed by atoms with E-state index in [4.69, 9.17) is 22.7 Å². The Morgan fingerprint density at radius 3 is 2.47 bits per heavy atom. The van der Waals surface area contributed by atoms with Gasteiger partial charge in [-0.3, -0.25) is 4.90 Å². The van der Waals surface area contributed by atoms with Crippen molar-refractivity contribution in [2.24, 2.45) is 5.73 Å². The van der Waals surface area contributed by atoms with Crippen LogP contribution in [0.2, 0.25) is 0 Å². The summed E-state index contributed by atoms with van der Waals surface area (Å²) in [6.45, 7) is 5.35. The summed E-state index contributed by atoms with van der Waals surface area (Å²) in [5.74, 6) is 0.753. The largest absolute Gasteiger partial charge is 0.496 e. The Balaban J connectivity index is 2.88. The van der Waals surface area contributed by atoms with E-state index in [1.54, 1.807) is 7.11 Å². The van der Waals surface area contributed by atoms with E-state index in [1.807, 2.05) is 12.1 Å². The van der Waals surface area contributed by atoms with Gasteiger partial charge in [0.15, 0.2) is 0 Å². The Labute approximate surface area is 121 Å². The molecule has 0 fully saturated rings. The molecular formula is C15H24N2OS. The van der Waals surface area contributed by atoms with Crippen LogP contribution in [0.3, 0.4) is 0 Å². The van der Waals surface area contributed by atoms with Crippen LogP contribution >= 0.6 is 12.2 Å². The number of thiocarbonyl (C=S) groups is 1. The summed E-state index contributed by atoms with van der Waals surface area (Å²) in [4.78, 5) is 2.74. The van der Waals surface area contributed by atoms with Crippen LogP contribution in [0.1, 0.15) is 37.8 Å². The van der Waals surface area contributed by atoms with Crippen LogP contribution in [0.25, 0.3) is 0 Å². The predicted molar refractivity (Wildman–Crippen MR) is 84.7 cm³/mol. The van der Waals surface area contributed by atoms with Gasteiger partial charge in [-0.05, 0) is 37.6 Å². The minimum Gasteiger partial charge on any atom is -0.496 e. The van der Waals surface area contributed by atoms with Crippen molar-refractivity contribution in [1.29, 1.82) is 0 Å². The van der Waals surface area contributed by atoms with E-state index >= 15 is 0 Å². The maximum atomic E-state index is 5.67. The van der Waals surface area contributed by atoms with Gasteiger partial charge >= 0.3 is 0 Å². The first-order valence-corrected chi connectivity index (χ1v) is 7.11. The van der Waals surface area contributed by atoms with E-state index in [0.29, 0.717) is 11.0 Å². The molecule has 1 aromatic rings. The first-order chi connectivity index (χ1) is 9.03. The highest BCUT2D eigenvalue weighted by molar-refractivity contribution is 7.80. The fourth-order valence-electron chi connectivity index (χ4n) is 2.37. The lowest BCUT2D eigenvalue weighted by molar-refractivity contribution is 0.221. The van der Waals surface area contributed by atoms with Gasteiger partial charge in [0.05, 0.1) is 12.7 Å². The van der Waals surface area contributed by atoms with Gasteiger partial charge in [-0.2, -0.15) is 0 Å². The van der Waals surface area contributed by atoms with Gasteiger partial charge in [0, 0.05) is 12.6 Å². The first kappa shape index (κ1) is 15.9. The molecule has 0 saturated heterocycles. The van der Waals surface area contributed by atoms with Crippen molar-refractivity contribution in [3.8, 4) is 5.75 Å². The van der Waals surface area contributed by atoms with Crippen molar-refractivity contribution < 1.29 is 4.74 Å². The first-order valence-electron chi connectivity index (χ1n) is 6.70. The molecule has 0 bridgehead atoms. The maximum absolute atomic E-state index is 5.67. The van der Waals surface area contributed by atoms with Crippen molar-refractivity contribution >= 4 is 17.2 Å². The number of hydrogen-bond acceptors (Lipinski definition) is 3. The van der Waals surface area contributed by atoms with Crippen LogP contribution in [0.4, 0.5) is 0 Å². The van der Waals surface area contributed by atoms with Gasteiger partial charge in [-0.1, -0.05) is 32.1 Å². The lowest BCUT2D eigenvalue weighted by Gasteiger charge is -2.26. The van der Waals surface area contributed by atoms with E-state index in [-0.39, 0.29) is 0 Å². The second-order valence-electron chi connectivity index (χ2n) is 4.78. The van der Waals surface area contributed by atoms with E-state index in [0.717, 1.165) is 30.7 Å². The van der Waals surface area contributed by atoms with Crippen LogP contribution in [-0.4, -0.2) is 30.1 Å². The van der Waals surface area contributed by atoms with Gasteiger partial charge in [-0.25, -0.2) is 0 Å². The van der Waals surface area contributed by atoms with Gasteiger partial charge < -0.3 is 10.5 Å². The zero-order chi connectivity index (χ0) is 14.4. The highest BCUT2D eigenvalue weighted by Crippen LogP contribution is 2.21. The smallest absolute Gasteiger partial charge is 0.129 e. The molecule has 1 rings (SSSR count). The zero-order valence-corrected chi connectivity index (χ0v) is 13.1. The Morgan fingerprint density at radius 1 is 1.37 bits per heavy atom. The molecule has 19 heavy (non-hydrogen) atoms. The van der Waals surface area contributed by atoms with Crippen molar-refractivity contribution in [2.45, 2.75) is 39.3 Å². The highest BCUT2D eigenvalue weighted by atomic mass is 32.1. The van der Waals surface area contributed by atoms with E-state index in [2.05, 4.69) is 31.9 Å². The minimum absolute atomic E-state index is 0.372. The quantitative estimate of drug-likeness (QED) is 0.779. The van der Waals surface area contributed by atoms with Crippen molar-refractivity contribution in [3.05, 3.63) is 29.3 Å². The molecule has 106 valence electrons. The number of ether oxygens (including phenoxy) is 1. The molecule has 0 radical (unpaired) electrons. The molecule has 0 aliphatic rings. The monoisotopic (exact) mass is 280 g/mol. The third-order valence-corrected chi connectivity index (χ3v) is 3.75. The lowest BCUT2D eigenvalue weighted by Crippen LogP contribution is -2.30. The summed E-state index contributed by atoms with van der Waals surface area (Å²) in [5.41, 5.74) is 7.69. The van der Waals surface area contributed by atoms with Crippen LogP contribution in [0, 0.1) is 0 Å². The normalized spacial score (nSPS) is 11.1. The number of hydrogen-bond donors (Lipinski definition) is 1. The number of rotatable bonds is 7. The van der Waals surface area contributed by atoms with Crippen LogP contribution in [0.5, 0.6) is 5.75 Å². The predicted octanol–water partition coefficient (Wildman–Crippen LogP) is 2.95. The summed E-state index contributed by atoms with van der Waals surface area (Å²) < 4.78 is 5.36. The van der Waals surface area contributed by atoms with Crippen molar-refractivity contribution in [2.75, 3.05) is 14.2 Å². The molecular weight excluding hydrogens is 256 g/mol. The standard InChI is InChI=1S/C15H24N2OS/c1-5-12(6-2)17(3)10-11-7-8-13(15(16)19)14(9-11)18-4/h7-9,12H,5-6,10H2,1-4H3,(H2,16,19). The summed E-state index contributed by atoms with van der Waals surface area (Å²) in [5, 5.41) is 0. The summed E-state index contributed by atoms with van der Waals surface area (Å²) in [7, 11) is 3.80. The SMILES string of the molecule is CCC(CC)N(C)Cc1ccc(C(N)=S)c(OC)c1. The molecule has 4 heteroatoms. The molecule has 0 saturated carbocycles. The maximum Gasteiger partial charge on any atom is 0.129 e. The molecule has 0 unspecified atom stereocenters. The van der Waals surface area contributed by atoms with E-state index < -0.39 is 0 Å². The van der Waals surface area contributed by atoms with Crippen molar-refractivity contribution in [1.82, 2.24) is 4.90 Å². The Morgan fingerprint density at radius 2 is 2.00 bits per heavy atom. The number of nitrogens with two attached hydrogens (primary N) is 1. The molecule has 0 spiro atoms. The number of methoxy groups -OCH3 is 1. The Kier molecular flexibility index (Phi) is 6.25. The van der Waals surface area contributed by atoms with E-state index in [9.17, 15) is 0 Å². The molecule has 0 atom stereocenters. The second-order valence-corrected chi connectivity index (χ2v) is 5.22. The molecule has 3 nitrogen and oxygen atoms in total. The van der Waals surface area contributed by atoms with E-state index in [1.165, 1.54) is 5.56 Å². The summed E-state index contributed by atoms with van der Waals surface area (Å²) >= 11 is 5.01. The van der Waals surface area contributed by atoms with Gasteiger partial charge in [-0.15, -0.1) is 0 Å². The molecule has 2 N–H and O–H groups in total. The lowest BCUT2D eigenvalue weighted by atomic mass is 10.1. The fourth-order valence-corrected chi connectivity index (χ4v) is 2.54. The van der Waals surface area contributed by atoms with Crippen LogP contribution < -0.4 is 10.5 Å². The van der Waals surface area contributed by atoms with Crippen LogP contribution in [-0.2, 0) is 6.54 Å². The summed E-state index contributed by atoms with van der Waals surface area (Å²) in [6, 6.07) is 6.64. The Hall–Kier alpha value is -1.13. The van der Waals surface area contributed by atoms with Crippen molar-refractivity contribution in [3.63, 3.8) is 0 Å². The molecule has 0 aliphatic heterocycles. The molecule has 0 amide bonds. The third kappa shape index (κ3) is 4.18. The van der Waals surface area contributed by atoms with Gasteiger partial charge in [0.25, 0.3) is 0 Å². The van der Waals surface area contributed by atoms with Gasteiger partial charge in [0.1, 0.15) is 10.7 Å². The summed E-state index contributed by atoms with van der Waals surface area (Å²) in [6.07, 6.45) is 2.32. The number of benzene rings is 1. The average molecular weight is 280 g/mol. The fraction of sp³-hybridized carbons (Fsp3) is 0.533. The molecule has 0 aliphatic carbocycles. The van der Waals surface area contributed by atoms with Gasteiger partial charge in [0.2, 0.25) is 0 Å². The molecule has 0 heterocycles. The topological polar surface area (TPSA) is 38.5 Å². The average Bonchev–Trinajstić information content (AvgIpc) is 2.39. The Bertz CT molecular complexity index is 430. The number of nitrogens with zero attached hydrogens (tertiary/aromatic N) is 1. The second kappa shape index (κ2) is 7.46. The zero-order valence-electron chi connectivity index (χ0n) is 12.3. The molecule has 0 aromatic heterocycles.